The molecular weight excluding hydrogens is 599 g/mol. The number of carbonyl (C=O) groups is 1. The molecule has 10 nitrogen and oxygen atoms in total. The Bertz CT molecular complexity index is 1850. The summed E-state index contributed by atoms with van der Waals surface area (Å²) in [4.78, 5) is 30.4. The van der Waals surface area contributed by atoms with E-state index in [1.54, 1.807) is 42.6 Å². The monoisotopic (exact) mass is 628 g/mol. The topological polar surface area (TPSA) is 106 Å². The molecule has 0 saturated carbocycles. The van der Waals surface area contributed by atoms with Gasteiger partial charge in [-0.05, 0) is 48.0 Å². The number of ether oxygens (including phenoxy) is 2. The van der Waals surface area contributed by atoms with Crippen LogP contribution in [0.4, 0.5) is 10.2 Å². The van der Waals surface area contributed by atoms with Crippen molar-refractivity contribution in [2.45, 2.75) is 31.8 Å². The Labute approximate surface area is 263 Å². The summed E-state index contributed by atoms with van der Waals surface area (Å²) in [6.45, 7) is 3.69. The smallest absolute Gasteiger partial charge is 0.335 e. The maximum absolute atomic E-state index is 14.3. The molecule has 5 heterocycles. The van der Waals surface area contributed by atoms with Crippen molar-refractivity contribution >= 4 is 34.4 Å². The number of rotatable bonds is 9. The van der Waals surface area contributed by atoms with Crippen LogP contribution in [0, 0.1) is 5.82 Å². The highest BCUT2D eigenvalue weighted by atomic mass is 35.5. The number of piperazine rings is 1. The fraction of sp³-hybridized carbons (Fsp3) is 0.273. The zero-order chi connectivity index (χ0) is 30.9. The number of nitrogens with zero attached hydrogens (tertiary/aromatic N) is 6. The Morgan fingerprint density at radius 3 is 2.73 bits per heavy atom. The number of imidazole rings is 1. The Kier molecular flexibility index (Phi) is 8.05. The second-order valence-corrected chi connectivity index (χ2v) is 11.6. The Hall–Kier alpha value is -4.58. The van der Waals surface area contributed by atoms with Crippen LogP contribution >= 0.6 is 11.6 Å². The molecule has 0 spiro atoms. The van der Waals surface area contributed by atoms with Gasteiger partial charge < -0.3 is 24.0 Å². The molecule has 0 radical (unpaired) electrons. The summed E-state index contributed by atoms with van der Waals surface area (Å²) < 4.78 is 28.2. The van der Waals surface area contributed by atoms with Crippen molar-refractivity contribution in [1.82, 2.24) is 24.4 Å². The molecular formula is C33H30ClFN6O4. The second kappa shape index (κ2) is 12.4. The van der Waals surface area contributed by atoms with E-state index in [0.717, 1.165) is 34.8 Å². The van der Waals surface area contributed by atoms with Crippen molar-refractivity contribution in [2.24, 2.45) is 0 Å². The number of fused-ring (bicyclic) bond motifs is 2. The number of carboxylic acids is 1. The van der Waals surface area contributed by atoms with Crippen molar-refractivity contribution in [3.05, 3.63) is 112 Å². The summed E-state index contributed by atoms with van der Waals surface area (Å²) in [6, 6.07) is 19.2. The van der Waals surface area contributed by atoms with Gasteiger partial charge in [0.05, 0.1) is 55.0 Å². The zero-order valence-electron chi connectivity index (χ0n) is 24.2. The van der Waals surface area contributed by atoms with Crippen LogP contribution in [0.5, 0.6) is 5.88 Å². The fourth-order valence-corrected chi connectivity index (χ4v) is 6.28. The molecule has 2 fully saturated rings. The largest absolute Gasteiger partial charge is 0.478 e. The van der Waals surface area contributed by atoms with Gasteiger partial charge in [-0.3, -0.25) is 9.88 Å². The number of aromatic carboxylic acids is 1. The van der Waals surface area contributed by atoms with Gasteiger partial charge in [0.15, 0.2) is 0 Å². The number of pyridine rings is 2. The highest BCUT2D eigenvalue weighted by Gasteiger charge is 2.41. The van der Waals surface area contributed by atoms with Gasteiger partial charge in [-0.2, -0.15) is 4.98 Å². The van der Waals surface area contributed by atoms with Crippen LogP contribution in [-0.2, 0) is 24.4 Å². The van der Waals surface area contributed by atoms with Crippen molar-refractivity contribution in [1.29, 1.82) is 0 Å². The van der Waals surface area contributed by atoms with E-state index in [9.17, 15) is 14.3 Å². The van der Waals surface area contributed by atoms with Gasteiger partial charge in [-0.25, -0.2) is 14.2 Å². The lowest BCUT2D eigenvalue weighted by molar-refractivity contribution is 0.0697. The lowest BCUT2D eigenvalue weighted by Gasteiger charge is -2.44. The highest BCUT2D eigenvalue weighted by Crippen LogP contribution is 2.31. The lowest BCUT2D eigenvalue weighted by Crippen LogP contribution is -2.59. The van der Waals surface area contributed by atoms with E-state index in [0.29, 0.717) is 49.3 Å². The first-order valence-electron chi connectivity index (χ1n) is 14.7. The minimum atomic E-state index is -0.977. The molecule has 5 aromatic rings. The number of benzene rings is 2. The summed E-state index contributed by atoms with van der Waals surface area (Å²) in [7, 11) is 0. The van der Waals surface area contributed by atoms with Gasteiger partial charge in [0.25, 0.3) is 0 Å². The fourth-order valence-electron chi connectivity index (χ4n) is 6.12. The average Bonchev–Trinajstić information content (AvgIpc) is 3.67. The van der Waals surface area contributed by atoms with Crippen LogP contribution in [0.25, 0.3) is 11.0 Å². The Morgan fingerprint density at radius 2 is 1.91 bits per heavy atom. The molecule has 1 N–H and O–H groups in total. The van der Waals surface area contributed by atoms with Gasteiger partial charge >= 0.3 is 5.97 Å². The molecule has 0 bridgehead atoms. The predicted molar refractivity (Wildman–Crippen MR) is 166 cm³/mol. The first-order valence-corrected chi connectivity index (χ1v) is 15.0. The first-order chi connectivity index (χ1) is 21.9. The number of hydrogen-bond acceptors (Lipinski definition) is 8. The molecule has 7 rings (SSSR count). The van der Waals surface area contributed by atoms with Gasteiger partial charge in [-0.1, -0.05) is 29.8 Å². The molecule has 0 unspecified atom stereocenters. The van der Waals surface area contributed by atoms with E-state index in [1.165, 1.54) is 6.07 Å². The molecule has 12 heteroatoms. The van der Waals surface area contributed by atoms with Crippen LogP contribution in [0.3, 0.4) is 0 Å². The molecule has 2 aliphatic rings. The van der Waals surface area contributed by atoms with E-state index in [-0.39, 0.29) is 24.3 Å². The van der Waals surface area contributed by atoms with Crippen LogP contribution in [0.15, 0.2) is 79.1 Å². The summed E-state index contributed by atoms with van der Waals surface area (Å²) in [6.07, 6.45) is 3.54. The average molecular weight is 629 g/mol. The third kappa shape index (κ3) is 6.06. The quantitative estimate of drug-likeness (QED) is 0.240. The van der Waals surface area contributed by atoms with Gasteiger partial charge in [0.1, 0.15) is 24.1 Å². The Morgan fingerprint density at radius 1 is 1.02 bits per heavy atom. The van der Waals surface area contributed by atoms with Crippen LogP contribution in [-0.4, -0.2) is 73.9 Å². The minimum Gasteiger partial charge on any atom is -0.478 e. The maximum atomic E-state index is 14.3. The number of aromatic nitrogens is 4. The summed E-state index contributed by atoms with van der Waals surface area (Å²) in [5.41, 5.74) is 3.13. The van der Waals surface area contributed by atoms with Crippen molar-refractivity contribution in [2.75, 3.05) is 31.2 Å². The number of halogens is 2. The van der Waals surface area contributed by atoms with Gasteiger partial charge in [0.2, 0.25) is 5.88 Å². The van der Waals surface area contributed by atoms with Crippen LogP contribution in [0.1, 0.15) is 27.3 Å². The molecule has 2 aromatic carbocycles. The molecule has 0 amide bonds. The molecule has 2 saturated heterocycles. The number of hydrogen-bond donors (Lipinski definition) is 1. The third-order valence-corrected chi connectivity index (χ3v) is 8.63. The minimum absolute atomic E-state index is 0.0381. The van der Waals surface area contributed by atoms with Gasteiger partial charge in [-0.15, -0.1) is 0 Å². The van der Waals surface area contributed by atoms with Crippen LogP contribution < -0.4 is 9.64 Å². The molecule has 3 aromatic heterocycles. The van der Waals surface area contributed by atoms with E-state index in [2.05, 4.69) is 19.4 Å². The van der Waals surface area contributed by atoms with Crippen molar-refractivity contribution < 1.29 is 23.8 Å². The highest BCUT2D eigenvalue weighted by molar-refractivity contribution is 6.30. The number of carboxylic acid groups (broad SMARTS) is 1. The van der Waals surface area contributed by atoms with Crippen molar-refractivity contribution in [3.8, 4) is 5.88 Å². The van der Waals surface area contributed by atoms with E-state index in [1.807, 2.05) is 30.5 Å². The molecule has 2 atom stereocenters. The molecule has 45 heavy (non-hydrogen) atoms. The summed E-state index contributed by atoms with van der Waals surface area (Å²) in [5.74, 6) is 0.629. The third-order valence-electron chi connectivity index (χ3n) is 8.39. The summed E-state index contributed by atoms with van der Waals surface area (Å²) in [5, 5.41) is 9.97. The lowest BCUT2D eigenvalue weighted by atomic mass is 10.0. The van der Waals surface area contributed by atoms with Crippen molar-refractivity contribution in [3.63, 3.8) is 0 Å². The van der Waals surface area contributed by atoms with Gasteiger partial charge in [0, 0.05) is 42.1 Å². The summed E-state index contributed by atoms with van der Waals surface area (Å²) >= 11 is 5.88. The van der Waals surface area contributed by atoms with E-state index < -0.39 is 11.8 Å². The van der Waals surface area contributed by atoms with E-state index >= 15 is 0 Å². The zero-order valence-corrected chi connectivity index (χ0v) is 25.0. The molecule has 230 valence electrons. The molecule has 0 aliphatic carbocycles. The Balaban J connectivity index is 1.11. The number of anilines is 1. The standard InChI is InChI=1S/C33H30ClFN6O4/c34-24-8-6-23(25(35)14-24)18-45-32-5-1-4-30(38-32)40-12-11-39(28-19-44-20-29(28)40)17-31-37-26-9-7-22(33(42)43)13-27(26)41(31)16-21-3-2-10-36-15-21/h1-10,13-15,28-29H,11-12,16-20H2,(H,42,43)/t28-,29+/m1/s1. The normalized spacial score (nSPS) is 18.3. The second-order valence-electron chi connectivity index (χ2n) is 11.2. The van der Waals surface area contributed by atoms with Crippen LogP contribution in [0.2, 0.25) is 5.02 Å². The SMILES string of the molecule is O=C(O)c1ccc2nc(CN3CCN(c4cccc(OCc5ccc(Cl)cc5F)n4)[C@H]4COC[C@H]43)n(Cc3cccnc3)c2c1. The maximum Gasteiger partial charge on any atom is 0.335 e. The first kappa shape index (κ1) is 29.1. The molecule has 2 aliphatic heterocycles. The van der Waals surface area contributed by atoms with E-state index in [4.69, 9.17) is 31.0 Å². The predicted octanol–water partition coefficient (Wildman–Crippen LogP) is 5.03.